The molecule has 7 nitrogen and oxygen atoms in total. The minimum atomic E-state index is -0.503. The minimum Gasteiger partial charge on any atom is -0.384 e. The van der Waals surface area contributed by atoms with E-state index < -0.39 is 6.04 Å². The lowest BCUT2D eigenvalue weighted by atomic mass is 10.1. The summed E-state index contributed by atoms with van der Waals surface area (Å²) in [6.07, 6.45) is 1.97. The number of aromatic nitrogens is 1. The van der Waals surface area contributed by atoms with Crippen molar-refractivity contribution < 1.29 is 9.59 Å². The Balaban J connectivity index is 2.24. The first kappa shape index (κ1) is 16.2. The van der Waals surface area contributed by atoms with E-state index in [9.17, 15) is 9.59 Å². The second-order valence-electron chi connectivity index (χ2n) is 5.45. The van der Waals surface area contributed by atoms with Gasteiger partial charge in [-0.25, -0.2) is 4.98 Å². The summed E-state index contributed by atoms with van der Waals surface area (Å²) in [7, 11) is 0. The van der Waals surface area contributed by atoms with Gasteiger partial charge in [0.2, 0.25) is 5.91 Å². The Morgan fingerprint density at radius 1 is 1.41 bits per heavy atom. The molecule has 7 heteroatoms. The number of carbonyl (C=O) groups excluding carboxylic acids is 2. The number of likely N-dealkylation sites (tertiary alicyclic amines) is 1. The number of carbonyl (C=O) groups is 2. The molecular formula is C15H23N5O2. The van der Waals surface area contributed by atoms with Crippen LogP contribution in [-0.4, -0.2) is 58.3 Å². The van der Waals surface area contributed by atoms with E-state index in [4.69, 9.17) is 11.5 Å². The molecular weight excluding hydrogens is 282 g/mol. The predicted molar refractivity (Wildman–Crippen MR) is 84.0 cm³/mol. The summed E-state index contributed by atoms with van der Waals surface area (Å²) >= 11 is 0. The Morgan fingerprint density at radius 3 is 2.68 bits per heavy atom. The van der Waals surface area contributed by atoms with Gasteiger partial charge in [0.15, 0.2) is 0 Å². The molecule has 0 aromatic carbocycles. The van der Waals surface area contributed by atoms with E-state index in [1.165, 1.54) is 12.3 Å². The van der Waals surface area contributed by atoms with Gasteiger partial charge in [0.25, 0.3) is 5.91 Å². The third kappa shape index (κ3) is 3.19. The molecule has 1 aliphatic heterocycles. The van der Waals surface area contributed by atoms with Crippen molar-refractivity contribution in [3.63, 3.8) is 0 Å². The maximum atomic E-state index is 12.7. The van der Waals surface area contributed by atoms with Gasteiger partial charge in [-0.1, -0.05) is 0 Å². The smallest absolute Gasteiger partial charge is 0.254 e. The van der Waals surface area contributed by atoms with Gasteiger partial charge < -0.3 is 21.3 Å². The number of hydrogen-bond acceptors (Lipinski definition) is 5. The van der Waals surface area contributed by atoms with Crippen molar-refractivity contribution in [3.05, 3.63) is 23.9 Å². The molecule has 22 heavy (non-hydrogen) atoms. The topological polar surface area (TPSA) is 106 Å². The van der Waals surface area contributed by atoms with Crippen LogP contribution in [0.25, 0.3) is 0 Å². The van der Waals surface area contributed by atoms with E-state index in [1.807, 2.05) is 13.8 Å². The van der Waals surface area contributed by atoms with Crippen LogP contribution in [0, 0.1) is 0 Å². The number of pyridine rings is 1. The summed E-state index contributed by atoms with van der Waals surface area (Å²) in [6, 6.07) is 2.43. The largest absolute Gasteiger partial charge is 0.384 e. The SMILES string of the molecule is CCN(CC)C(=O)[C@@H]1C[C@H](N)CN1C(=O)c1ccnc(N)c1. The fraction of sp³-hybridized carbons (Fsp3) is 0.533. The van der Waals surface area contributed by atoms with E-state index in [1.54, 1.807) is 15.9 Å². The molecule has 0 radical (unpaired) electrons. The van der Waals surface area contributed by atoms with Gasteiger partial charge in [-0.15, -0.1) is 0 Å². The fourth-order valence-electron chi connectivity index (χ4n) is 2.82. The summed E-state index contributed by atoms with van der Waals surface area (Å²) < 4.78 is 0. The van der Waals surface area contributed by atoms with Gasteiger partial charge in [0.1, 0.15) is 11.9 Å². The molecule has 1 saturated heterocycles. The standard InChI is InChI=1S/C15H23N5O2/c1-3-19(4-2)15(22)12-8-11(16)9-20(12)14(21)10-5-6-18-13(17)7-10/h5-7,11-12H,3-4,8-9,16H2,1-2H3,(H2,17,18)/t11-,12-/m0/s1. The molecule has 1 aromatic rings. The molecule has 2 amide bonds. The van der Waals surface area contributed by atoms with Crippen LogP contribution in [0.15, 0.2) is 18.3 Å². The van der Waals surface area contributed by atoms with E-state index in [2.05, 4.69) is 4.98 Å². The summed E-state index contributed by atoms with van der Waals surface area (Å²) in [6.45, 7) is 5.45. The average molecular weight is 305 g/mol. The Morgan fingerprint density at radius 2 is 2.09 bits per heavy atom. The van der Waals surface area contributed by atoms with Gasteiger partial charge in [-0.3, -0.25) is 9.59 Å². The van der Waals surface area contributed by atoms with Crippen LogP contribution in [0.3, 0.4) is 0 Å². The van der Waals surface area contributed by atoms with Crippen LogP contribution < -0.4 is 11.5 Å². The summed E-state index contributed by atoms with van der Waals surface area (Å²) in [5.74, 6) is 0.00171. The Hall–Kier alpha value is -2.15. The third-order valence-corrected chi connectivity index (χ3v) is 3.98. The number of hydrogen-bond donors (Lipinski definition) is 2. The summed E-state index contributed by atoms with van der Waals surface area (Å²) in [5, 5.41) is 0. The number of anilines is 1. The van der Waals surface area contributed by atoms with Crippen LogP contribution in [-0.2, 0) is 4.79 Å². The zero-order valence-electron chi connectivity index (χ0n) is 13.0. The molecule has 0 aliphatic carbocycles. The van der Waals surface area contributed by atoms with Crippen molar-refractivity contribution in [2.24, 2.45) is 5.73 Å². The second-order valence-corrected chi connectivity index (χ2v) is 5.45. The quantitative estimate of drug-likeness (QED) is 0.819. The lowest BCUT2D eigenvalue weighted by molar-refractivity contribution is -0.134. The number of rotatable bonds is 4. The first-order chi connectivity index (χ1) is 10.5. The second kappa shape index (κ2) is 6.74. The molecule has 4 N–H and O–H groups in total. The highest BCUT2D eigenvalue weighted by Gasteiger charge is 2.39. The number of nitrogens with two attached hydrogens (primary N) is 2. The average Bonchev–Trinajstić information content (AvgIpc) is 2.89. The highest BCUT2D eigenvalue weighted by atomic mass is 16.2. The fourth-order valence-corrected chi connectivity index (χ4v) is 2.82. The monoisotopic (exact) mass is 305 g/mol. The van der Waals surface area contributed by atoms with Crippen LogP contribution >= 0.6 is 0 Å². The number of likely N-dealkylation sites (N-methyl/N-ethyl adjacent to an activating group) is 1. The molecule has 1 fully saturated rings. The molecule has 0 spiro atoms. The number of nitrogen functional groups attached to an aromatic ring is 1. The number of amides is 2. The molecule has 2 rings (SSSR count). The van der Waals surface area contributed by atoms with Gasteiger partial charge in [-0.05, 0) is 32.4 Å². The van der Waals surface area contributed by atoms with E-state index in [0.29, 0.717) is 31.6 Å². The van der Waals surface area contributed by atoms with Gasteiger partial charge in [0, 0.05) is 37.4 Å². The molecule has 120 valence electrons. The first-order valence-corrected chi connectivity index (χ1v) is 7.54. The van der Waals surface area contributed by atoms with Crippen molar-refractivity contribution in [1.82, 2.24) is 14.8 Å². The Kier molecular flexibility index (Phi) is 4.97. The van der Waals surface area contributed by atoms with Crippen LogP contribution in [0.1, 0.15) is 30.6 Å². The lowest BCUT2D eigenvalue weighted by Gasteiger charge is -2.29. The van der Waals surface area contributed by atoms with Crippen LogP contribution in [0.2, 0.25) is 0 Å². The summed E-state index contributed by atoms with van der Waals surface area (Å²) in [5.41, 5.74) is 12.0. The van der Waals surface area contributed by atoms with Crippen LogP contribution in [0.4, 0.5) is 5.82 Å². The van der Waals surface area contributed by atoms with Gasteiger partial charge >= 0.3 is 0 Å². The molecule has 1 aromatic heterocycles. The summed E-state index contributed by atoms with van der Waals surface area (Å²) in [4.78, 5) is 32.4. The molecule has 0 saturated carbocycles. The van der Waals surface area contributed by atoms with Crippen LogP contribution in [0.5, 0.6) is 0 Å². The molecule has 2 heterocycles. The molecule has 0 unspecified atom stereocenters. The zero-order valence-corrected chi connectivity index (χ0v) is 13.0. The number of nitrogens with zero attached hydrogens (tertiary/aromatic N) is 3. The van der Waals surface area contributed by atoms with E-state index in [-0.39, 0.29) is 23.7 Å². The molecule has 1 aliphatic rings. The maximum absolute atomic E-state index is 12.7. The maximum Gasteiger partial charge on any atom is 0.254 e. The first-order valence-electron chi connectivity index (χ1n) is 7.54. The van der Waals surface area contributed by atoms with Crippen molar-refractivity contribution >= 4 is 17.6 Å². The molecule has 0 bridgehead atoms. The van der Waals surface area contributed by atoms with Crippen molar-refractivity contribution in [1.29, 1.82) is 0 Å². The van der Waals surface area contributed by atoms with Crippen molar-refractivity contribution in [2.45, 2.75) is 32.4 Å². The highest BCUT2D eigenvalue weighted by Crippen LogP contribution is 2.22. The Bertz CT molecular complexity index is 559. The van der Waals surface area contributed by atoms with Gasteiger partial charge in [0.05, 0.1) is 0 Å². The third-order valence-electron chi connectivity index (χ3n) is 3.98. The predicted octanol–water partition coefficient (Wildman–Crippen LogP) is 0.0740. The highest BCUT2D eigenvalue weighted by molar-refractivity contribution is 5.98. The lowest BCUT2D eigenvalue weighted by Crippen LogP contribution is -2.47. The minimum absolute atomic E-state index is 0.0478. The van der Waals surface area contributed by atoms with E-state index >= 15 is 0 Å². The molecule has 2 atom stereocenters. The van der Waals surface area contributed by atoms with Crippen molar-refractivity contribution in [3.8, 4) is 0 Å². The van der Waals surface area contributed by atoms with E-state index in [0.717, 1.165) is 0 Å². The van der Waals surface area contributed by atoms with Crippen molar-refractivity contribution in [2.75, 3.05) is 25.4 Å². The zero-order chi connectivity index (χ0) is 16.3. The van der Waals surface area contributed by atoms with Gasteiger partial charge in [-0.2, -0.15) is 0 Å². The normalized spacial score (nSPS) is 21.0. The Labute approximate surface area is 130 Å².